The standard InChI is InChI=1S/C36H38Cl2N4O3S.C6H8O7/c1-41(36(43)34-30-7-5-4-6-25(30)18-27(21-39)35(34)45-2)22-26(24-8-11-31(37)32(38)19-24)14-17-42-15-12-23(13-16-42)29-10-9-28(40)20-33(29)46(3)44;7-3(8)1-6(13,5(11)12)2-4(9)10/h4-11,18-20,23,26H,12-17,22,40H2,1-3H3;13H,1-2H2,(H,7,8)(H,9,10)(H,11,12). The maximum absolute atomic E-state index is 14.1. The number of likely N-dealkylation sites (tertiary alicyclic amines) is 1. The fraction of sp³-hybridized carbons (Fsp3) is 0.357. The number of ether oxygens (including phenoxy) is 1. The second-order valence-corrected chi connectivity index (χ2v) is 16.5. The number of nitriles is 1. The summed E-state index contributed by atoms with van der Waals surface area (Å²) >= 11 is 12.7. The Bertz CT molecular complexity index is 2260. The summed E-state index contributed by atoms with van der Waals surface area (Å²) in [6, 6.07) is 22.9. The van der Waals surface area contributed by atoms with Crippen LogP contribution in [-0.2, 0) is 25.2 Å². The number of carboxylic acid groups (broad SMARTS) is 3. The number of piperidine rings is 1. The molecule has 17 heteroatoms. The quantitative estimate of drug-likeness (QED) is 0.0836. The van der Waals surface area contributed by atoms with Crippen LogP contribution in [0, 0.1) is 11.3 Å². The van der Waals surface area contributed by atoms with Gasteiger partial charge in [0.2, 0.25) is 0 Å². The predicted octanol–water partition coefficient (Wildman–Crippen LogP) is 6.22. The van der Waals surface area contributed by atoms with Crippen LogP contribution in [0.2, 0.25) is 10.0 Å². The molecule has 6 N–H and O–H groups in total. The Balaban J connectivity index is 0.000000509. The lowest BCUT2D eigenvalue weighted by Gasteiger charge is -2.34. The zero-order chi connectivity index (χ0) is 43.6. The molecule has 4 aromatic rings. The van der Waals surface area contributed by atoms with Gasteiger partial charge in [0.1, 0.15) is 11.8 Å². The third kappa shape index (κ3) is 11.9. The Morgan fingerprint density at radius 3 is 2.20 bits per heavy atom. The first-order valence-electron chi connectivity index (χ1n) is 18.4. The number of aliphatic hydroxyl groups is 1. The summed E-state index contributed by atoms with van der Waals surface area (Å²) in [4.78, 5) is 49.6. The molecule has 14 nitrogen and oxygen atoms in total. The molecule has 5 rings (SSSR count). The summed E-state index contributed by atoms with van der Waals surface area (Å²) < 4.78 is 18.0. The van der Waals surface area contributed by atoms with Crippen molar-refractivity contribution in [1.82, 2.24) is 9.80 Å². The van der Waals surface area contributed by atoms with Crippen molar-refractivity contribution >= 4 is 74.3 Å². The highest BCUT2D eigenvalue weighted by molar-refractivity contribution is 7.84. The van der Waals surface area contributed by atoms with Gasteiger partial charge in [-0.15, -0.1) is 0 Å². The van der Waals surface area contributed by atoms with E-state index in [9.17, 15) is 28.6 Å². The molecule has 4 aromatic carbocycles. The maximum atomic E-state index is 14.1. The summed E-state index contributed by atoms with van der Waals surface area (Å²) in [5, 5.41) is 46.1. The number of nitrogen functional groups attached to an aromatic ring is 1. The van der Waals surface area contributed by atoms with Crippen LogP contribution in [0.4, 0.5) is 5.69 Å². The fourth-order valence-corrected chi connectivity index (χ4v) is 8.40. The molecule has 0 bridgehead atoms. The molecule has 59 heavy (non-hydrogen) atoms. The number of hydrogen-bond donors (Lipinski definition) is 5. The highest BCUT2D eigenvalue weighted by Crippen LogP contribution is 2.36. The van der Waals surface area contributed by atoms with E-state index in [4.69, 9.17) is 54.1 Å². The molecule has 1 aliphatic rings. The van der Waals surface area contributed by atoms with Crippen LogP contribution in [0.25, 0.3) is 10.8 Å². The number of rotatable bonds is 15. The van der Waals surface area contributed by atoms with Crippen molar-refractivity contribution in [3.05, 3.63) is 99.0 Å². The van der Waals surface area contributed by atoms with Gasteiger partial charge in [-0.25, -0.2) is 4.79 Å². The Kier molecular flexibility index (Phi) is 16.2. The number of likely N-dealkylation sites (N-methyl/N-ethyl adjacent to an activating group) is 1. The van der Waals surface area contributed by atoms with Gasteiger partial charge in [0.15, 0.2) is 5.60 Å². The average molecular weight is 870 g/mol. The summed E-state index contributed by atoms with van der Waals surface area (Å²) in [7, 11) is 2.17. The van der Waals surface area contributed by atoms with Gasteiger partial charge in [0, 0.05) is 36.3 Å². The van der Waals surface area contributed by atoms with E-state index in [2.05, 4.69) is 11.0 Å². The summed E-state index contributed by atoms with van der Waals surface area (Å²) in [5.74, 6) is -4.65. The van der Waals surface area contributed by atoms with E-state index in [1.54, 1.807) is 30.3 Å². The summed E-state index contributed by atoms with van der Waals surface area (Å²) in [6.07, 6.45) is 2.14. The van der Waals surface area contributed by atoms with Gasteiger partial charge >= 0.3 is 17.9 Å². The van der Waals surface area contributed by atoms with Crippen molar-refractivity contribution in [3.8, 4) is 11.8 Å². The van der Waals surface area contributed by atoms with Crippen LogP contribution in [0.15, 0.2) is 71.6 Å². The Morgan fingerprint density at radius 1 is 1.00 bits per heavy atom. The van der Waals surface area contributed by atoms with Crippen LogP contribution in [0.5, 0.6) is 5.75 Å². The van der Waals surface area contributed by atoms with Crippen LogP contribution in [0.1, 0.15) is 71.0 Å². The van der Waals surface area contributed by atoms with Crippen LogP contribution >= 0.6 is 23.2 Å². The number of nitrogens with zero attached hydrogens (tertiary/aromatic N) is 3. The molecule has 1 saturated heterocycles. The molecule has 0 radical (unpaired) electrons. The minimum atomic E-state index is -2.74. The van der Waals surface area contributed by atoms with Gasteiger partial charge in [-0.05, 0) is 97.0 Å². The van der Waals surface area contributed by atoms with Gasteiger partial charge in [-0.3, -0.25) is 18.6 Å². The second-order valence-electron chi connectivity index (χ2n) is 14.4. The number of amides is 1. The van der Waals surface area contributed by atoms with Crippen molar-refractivity contribution in [1.29, 1.82) is 5.26 Å². The van der Waals surface area contributed by atoms with Gasteiger partial charge in [-0.2, -0.15) is 5.26 Å². The molecule has 1 heterocycles. The first-order chi connectivity index (χ1) is 27.9. The predicted molar refractivity (Wildman–Crippen MR) is 225 cm³/mol. The maximum Gasteiger partial charge on any atom is 0.336 e. The molecule has 2 unspecified atom stereocenters. The normalized spacial score (nSPS) is 14.3. The molecule has 1 fully saturated rings. The highest BCUT2D eigenvalue weighted by atomic mass is 35.5. The number of halogens is 2. The van der Waals surface area contributed by atoms with Crippen molar-refractivity contribution in [3.63, 3.8) is 0 Å². The van der Waals surface area contributed by atoms with Crippen molar-refractivity contribution in [2.75, 3.05) is 52.3 Å². The highest BCUT2D eigenvalue weighted by Gasteiger charge is 2.41. The molecular weight excluding hydrogens is 823 g/mol. The Morgan fingerprint density at radius 2 is 1.64 bits per heavy atom. The molecule has 314 valence electrons. The van der Waals surface area contributed by atoms with E-state index in [1.165, 1.54) is 7.11 Å². The number of carbonyl (C=O) groups excluding carboxylic acids is 1. The molecule has 0 spiro atoms. The molecule has 0 saturated carbocycles. The molecule has 0 aliphatic carbocycles. The van der Waals surface area contributed by atoms with Gasteiger partial charge in [-0.1, -0.05) is 59.6 Å². The molecular formula is C42H46Cl2N4O10S. The van der Waals surface area contributed by atoms with Crippen LogP contribution in [-0.4, -0.2) is 110 Å². The number of aliphatic carboxylic acids is 3. The average Bonchev–Trinajstić information content (AvgIpc) is 3.19. The lowest BCUT2D eigenvalue weighted by molar-refractivity contribution is -0.170. The number of methoxy groups -OCH3 is 1. The van der Waals surface area contributed by atoms with E-state index in [0.29, 0.717) is 39.3 Å². The number of carbonyl (C=O) groups is 4. The molecule has 1 amide bonds. The van der Waals surface area contributed by atoms with Crippen LogP contribution < -0.4 is 10.5 Å². The van der Waals surface area contributed by atoms with Crippen LogP contribution in [0.3, 0.4) is 0 Å². The van der Waals surface area contributed by atoms with Crippen molar-refractivity contribution in [2.24, 2.45) is 0 Å². The second kappa shape index (κ2) is 20.6. The van der Waals surface area contributed by atoms with Gasteiger partial charge in [0.25, 0.3) is 5.91 Å². The van der Waals surface area contributed by atoms with Crippen molar-refractivity contribution < 1.29 is 48.6 Å². The van der Waals surface area contributed by atoms with E-state index in [1.807, 2.05) is 54.6 Å². The smallest absolute Gasteiger partial charge is 0.336 e. The first kappa shape index (κ1) is 46.4. The number of anilines is 1. The monoisotopic (exact) mass is 868 g/mol. The Hall–Kier alpha value is -5.24. The minimum absolute atomic E-state index is 0.0240. The lowest BCUT2D eigenvalue weighted by Crippen LogP contribution is -2.42. The topological polar surface area (TPSA) is 232 Å². The lowest BCUT2D eigenvalue weighted by atomic mass is 9.88. The SMILES string of the molecule is COc1c(C#N)cc2ccccc2c1C(=O)N(C)CC(CCN1CCC(c2ccc(N)cc2S(C)=O)CC1)c1ccc(Cl)c(Cl)c1.O=C(O)CC(O)(CC(=O)O)C(=O)O. The molecule has 2 atom stereocenters. The van der Waals surface area contributed by atoms with Gasteiger partial charge < -0.3 is 40.7 Å². The Labute approximate surface area is 354 Å². The molecule has 1 aliphatic heterocycles. The summed E-state index contributed by atoms with van der Waals surface area (Å²) in [6.45, 7) is 3.10. The fourth-order valence-electron chi connectivity index (χ4n) is 7.23. The third-order valence-electron chi connectivity index (χ3n) is 10.3. The number of nitrogens with two attached hydrogens (primary N) is 1. The van der Waals surface area contributed by atoms with Crippen molar-refractivity contribution in [2.45, 2.75) is 54.4 Å². The zero-order valence-electron chi connectivity index (χ0n) is 32.7. The zero-order valence-corrected chi connectivity index (χ0v) is 35.0. The number of carboxylic acids is 3. The number of benzene rings is 4. The third-order valence-corrected chi connectivity index (χ3v) is 12.0. The van der Waals surface area contributed by atoms with Gasteiger partial charge in [0.05, 0.1) is 51.9 Å². The molecule has 0 aromatic heterocycles. The van der Waals surface area contributed by atoms with E-state index in [-0.39, 0.29) is 17.6 Å². The first-order valence-corrected chi connectivity index (χ1v) is 20.7. The number of fused-ring (bicyclic) bond motifs is 1. The van der Waals surface area contributed by atoms with E-state index >= 15 is 0 Å². The minimum Gasteiger partial charge on any atom is -0.495 e. The summed E-state index contributed by atoms with van der Waals surface area (Å²) in [5.41, 5.74) is 6.71. The largest absolute Gasteiger partial charge is 0.495 e. The number of hydrogen-bond acceptors (Lipinski definition) is 10. The van der Waals surface area contributed by atoms with E-state index in [0.717, 1.165) is 65.7 Å². The van der Waals surface area contributed by atoms with E-state index < -0.39 is 47.2 Å².